The Hall–Kier alpha value is -0.440. The highest BCUT2D eigenvalue weighted by molar-refractivity contribution is 8.48. The van der Waals surface area contributed by atoms with E-state index < -0.39 is 10.0 Å². The van der Waals surface area contributed by atoms with Gasteiger partial charge in [0.1, 0.15) is 0 Å². The topological polar surface area (TPSA) is 26.3 Å². The second kappa shape index (κ2) is 2.66. The smallest absolute Gasteiger partial charge is 0.352 e. The summed E-state index contributed by atoms with van der Waals surface area (Å²) < 4.78 is 4.68. The summed E-state index contributed by atoms with van der Waals surface area (Å²) in [6.07, 6.45) is 1.15. The van der Waals surface area contributed by atoms with Crippen LogP contribution in [0.1, 0.15) is 6.42 Å². The molecule has 1 aliphatic rings. The fourth-order valence-corrected chi connectivity index (χ4v) is 3.07. The van der Waals surface area contributed by atoms with Gasteiger partial charge in [0.25, 0.3) is 0 Å². The van der Waals surface area contributed by atoms with Gasteiger partial charge < -0.3 is 4.74 Å². The quantitative estimate of drug-likeness (QED) is 0.549. The summed E-state index contributed by atoms with van der Waals surface area (Å²) in [5.74, 6) is 1.98. The van der Waals surface area contributed by atoms with Crippen molar-refractivity contribution < 1.29 is 9.53 Å². The number of carbonyl (C=O) groups excluding carboxylic acids is 1. The molecule has 0 N–H and O–H groups in total. The Morgan fingerprint density at radius 2 is 2.30 bits per heavy atom. The van der Waals surface area contributed by atoms with E-state index in [1.165, 1.54) is 7.11 Å². The van der Waals surface area contributed by atoms with Gasteiger partial charge in [-0.15, -0.1) is 10.0 Å². The van der Waals surface area contributed by atoms with E-state index in [2.05, 4.69) is 11.3 Å². The Morgan fingerprint density at radius 3 is 2.40 bits per heavy atom. The maximum absolute atomic E-state index is 11.1. The van der Waals surface area contributed by atoms with E-state index in [1.807, 2.05) is 0 Å². The van der Waals surface area contributed by atoms with Gasteiger partial charge in [0.05, 0.1) is 7.11 Å². The van der Waals surface area contributed by atoms with E-state index in [4.69, 9.17) is 0 Å². The van der Waals surface area contributed by atoms with Crippen molar-refractivity contribution in [2.45, 2.75) is 6.42 Å². The number of ether oxygens (including phenoxy) is 1. The van der Waals surface area contributed by atoms with Crippen LogP contribution in [0.5, 0.6) is 0 Å². The van der Waals surface area contributed by atoms with Crippen molar-refractivity contribution in [1.82, 2.24) is 0 Å². The molecule has 0 aromatic rings. The van der Waals surface area contributed by atoms with E-state index in [0.29, 0.717) is 0 Å². The van der Waals surface area contributed by atoms with Crippen LogP contribution < -0.4 is 0 Å². The van der Waals surface area contributed by atoms with E-state index in [0.717, 1.165) is 17.9 Å². The average molecular weight is 160 g/mol. The zero-order valence-electron chi connectivity index (χ0n) is 6.13. The van der Waals surface area contributed by atoms with Crippen LogP contribution in [-0.4, -0.2) is 23.9 Å². The van der Waals surface area contributed by atoms with Crippen LogP contribution in [0.4, 0.5) is 4.79 Å². The van der Waals surface area contributed by atoms with Crippen molar-refractivity contribution in [3.8, 4) is 0 Å². The fraction of sp³-hybridized carbons (Fsp3) is 0.571. The summed E-state index contributed by atoms with van der Waals surface area (Å²) >= 11 is 0. The molecule has 1 aliphatic heterocycles. The molecule has 0 spiro atoms. The molecule has 0 aromatic carbocycles. The highest BCUT2D eigenvalue weighted by Gasteiger charge is 2.36. The van der Waals surface area contributed by atoms with E-state index in [-0.39, 0.29) is 5.30 Å². The Balaban J connectivity index is 2.64. The number of hydrogen-bond acceptors (Lipinski definition) is 2. The van der Waals surface area contributed by atoms with Gasteiger partial charge in [-0.1, -0.05) is 6.58 Å². The minimum absolute atomic E-state index is 0.0475. The third-order valence-corrected chi connectivity index (χ3v) is 5.34. The molecular weight excluding hydrogens is 148 g/mol. The minimum Gasteiger partial charge on any atom is -0.462 e. The largest absolute Gasteiger partial charge is 0.462 e. The standard InChI is InChI=1S/C7H12O2S/c1-3-10(5-4-6-10)7(8)9-2/h3H,1,4-6H2,2H3. The third kappa shape index (κ3) is 0.944. The van der Waals surface area contributed by atoms with Crippen LogP contribution in [0, 0.1) is 0 Å². The van der Waals surface area contributed by atoms with Crippen LogP contribution in [-0.2, 0) is 4.74 Å². The molecule has 10 heavy (non-hydrogen) atoms. The van der Waals surface area contributed by atoms with Gasteiger partial charge in [-0.05, 0) is 23.3 Å². The Kier molecular flexibility index (Phi) is 2.04. The molecule has 0 unspecified atom stereocenters. The lowest BCUT2D eigenvalue weighted by molar-refractivity contribution is 0.199. The summed E-state index contributed by atoms with van der Waals surface area (Å²) in [5.41, 5.74) is 0. The molecule has 1 rings (SSSR count). The first-order valence-electron chi connectivity index (χ1n) is 3.24. The monoisotopic (exact) mass is 160 g/mol. The molecule has 0 atom stereocenters. The first-order chi connectivity index (χ1) is 4.75. The van der Waals surface area contributed by atoms with Crippen LogP contribution in [0.25, 0.3) is 0 Å². The summed E-state index contributed by atoms with van der Waals surface area (Å²) in [4.78, 5) is 11.1. The maximum Gasteiger partial charge on any atom is 0.352 e. The lowest BCUT2D eigenvalue weighted by Gasteiger charge is -2.41. The average Bonchev–Trinajstić information content (AvgIpc) is 1.86. The maximum atomic E-state index is 11.1. The highest BCUT2D eigenvalue weighted by Crippen LogP contribution is 2.58. The molecule has 58 valence electrons. The molecule has 2 nitrogen and oxygen atoms in total. The normalized spacial score (nSPS) is 24.1. The summed E-state index contributed by atoms with van der Waals surface area (Å²) in [7, 11) is 0.283. The SMILES string of the molecule is C=CS1(C(=O)OC)CCC1. The molecule has 0 aliphatic carbocycles. The predicted molar refractivity (Wildman–Crippen MR) is 44.5 cm³/mol. The first kappa shape index (κ1) is 7.66. The van der Waals surface area contributed by atoms with E-state index in [9.17, 15) is 4.79 Å². The number of hydrogen-bond donors (Lipinski definition) is 0. The second-order valence-electron chi connectivity index (χ2n) is 2.33. The Labute approximate surface area is 62.6 Å². The van der Waals surface area contributed by atoms with Crippen molar-refractivity contribution in [1.29, 1.82) is 0 Å². The zero-order valence-corrected chi connectivity index (χ0v) is 6.95. The first-order valence-corrected chi connectivity index (χ1v) is 5.28. The third-order valence-electron chi connectivity index (χ3n) is 1.83. The lowest BCUT2D eigenvalue weighted by Crippen LogP contribution is -2.26. The molecule has 1 fully saturated rings. The van der Waals surface area contributed by atoms with Gasteiger partial charge in [-0.25, -0.2) is 4.79 Å². The number of methoxy groups -OCH3 is 1. The van der Waals surface area contributed by atoms with Crippen molar-refractivity contribution in [2.75, 3.05) is 18.6 Å². The predicted octanol–water partition coefficient (Wildman–Crippen LogP) is 2.10. The van der Waals surface area contributed by atoms with Gasteiger partial charge in [0.15, 0.2) is 0 Å². The van der Waals surface area contributed by atoms with Crippen LogP contribution in [0.2, 0.25) is 0 Å². The van der Waals surface area contributed by atoms with Crippen molar-refractivity contribution in [2.24, 2.45) is 0 Å². The van der Waals surface area contributed by atoms with Gasteiger partial charge >= 0.3 is 5.30 Å². The minimum atomic E-state index is -1.16. The summed E-state index contributed by atoms with van der Waals surface area (Å²) in [5, 5.41) is 1.75. The van der Waals surface area contributed by atoms with Crippen molar-refractivity contribution in [3.05, 3.63) is 12.0 Å². The Bertz CT molecular complexity index is 161. The van der Waals surface area contributed by atoms with Gasteiger partial charge in [-0.2, -0.15) is 0 Å². The molecule has 1 saturated heterocycles. The molecule has 0 aromatic heterocycles. The van der Waals surface area contributed by atoms with Gasteiger partial charge in [0.2, 0.25) is 0 Å². The van der Waals surface area contributed by atoms with E-state index >= 15 is 0 Å². The number of rotatable bonds is 1. The molecule has 0 radical (unpaired) electrons. The second-order valence-corrected chi connectivity index (χ2v) is 5.70. The zero-order chi connectivity index (χ0) is 7.61. The van der Waals surface area contributed by atoms with Crippen molar-refractivity contribution in [3.63, 3.8) is 0 Å². The Morgan fingerprint density at radius 1 is 1.70 bits per heavy atom. The molecule has 3 heteroatoms. The van der Waals surface area contributed by atoms with Crippen LogP contribution in [0.15, 0.2) is 12.0 Å². The highest BCUT2D eigenvalue weighted by atomic mass is 32.3. The molecule has 0 saturated carbocycles. The van der Waals surface area contributed by atoms with Gasteiger partial charge in [-0.3, -0.25) is 0 Å². The molecular formula is C7H12O2S. The lowest BCUT2D eigenvalue weighted by atomic mass is 10.5. The fourth-order valence-electron chi connectivity index (χ4n) is 1.02. The van der Waals surface area contributed by atoms with E-state index in [1.54, 1.807) is 5.41 Å². The summed E-state index contributed by atoms with van der Waals surface area (Å²) in [6, 6.07) is 0. The van der Waals surface area contributed by atoms with Crippen LogP contribution in [0.3, 0.4) is 0 Å². The number of carbonyl (C=O) groups is 1. The van der Waals surface area contributed by atoms with Crippen molar-refractivity contribution >= 4 is 15.3 Å². The molecule has 0 amide bonds. The van der Waals surface area contributed by atoms with Crippen LogP contribution >= 0.6 is 10.0 Å². The summed E-state index contributed by atoms with van der Waals surface area (Å²) in [6.45, 7) is 3.66. The van der Waals surface area contributed by atoms with Gasteiger partial charge in [0, 0.05) is 0 Å². The molecule has 0 bridgehead atoms. The molecule has 1 heterocycles.